The summed E-state index contributed by atoms with van der Waals surface area (Å²) in [7, 11) is 0. The molecule has 0 unspecified atom stereocenters. The Balaban J connectivity index is 1.96. The number of aromatic nitrogens is 2. The van der Waals surface area contributed by atoms with Gasteiger partial charge in [-0.05, 0) is 25.7 Å². The molecule has 2 rings (SSSR count). The SMILES string of the molecule is NNc1cncc(OC2CCCCC2)n1. The van der Waals surface area contributed by atoms with E-state index in [1.807, 2.05) is 0 Å². The van der Waals surface area contributed by atoms with Crippen molar-refractivity contribution < 1.29 is 4.74 Å². The predicted octanol–water partition coefficient (Wildman–Crippen LogP) is 1.47. The van der Waals surface area contributed by atoms with Gasteiger partial charge in [0.1, 0.15) is 6.10 Å². The Morgan fingerprint density at radius 1 is 1.27 bits per heavy atom. The molecule has 0 radical (unpaired) electrons. The van der Waals surface area contributed by atoms with Crippen LogP contribution >= 0.6 is 0 Å². The highest BCUT2D eigenvalue weighted by Gasteiger charge is 2.15. The molecule has 0 atom stereocenters. The lowest BCUT2D eigenvalue weighted by molar-refractivity contribution is 0.148. The smallest absolute Gasteiger partial charge is 0.234 e. The Morgan fingerprint density at radius 2 is 2.07 bits per heavy atom. The van der Waals surface area contributed by atoms with E-state index in [1.54, 1.807) is 12.4 Å². The molecule has 1 aliphatic rings. The van der Waals surface area contributed by atoms with Crippen molar-refractivity contribution in [3.8, 4) is 5.88 Å². The maximum absolute atomic E-state index is 5.73. The van der Waals surface area contributed by atoms with Gasteiger partial charge in [0.2, 0.25) is 5.88 Å². The fourth-order valence-corrected chi connectivity index (χ4v) is 1.83. The molecule has 1 heterocycles. The van der Waals surface area contributed by atoms with E-state index >= 15 is 0 Å². The van der Waals surface area contributed by atoms with Gasteiger partial charge in [-0.15, -0.1) is 0 Å². The van der Waals surface area contributed by atoms with E-state index < -0.39 is 0 Å². The molecule has 1 fully saturated rings. The van der Waals surface area contributed by atoms with Crippen LogP contribution in [0, 0.1) is 0 Å². The lowest BCUT2D eigenvalue weighted by Gasteiger charge is -2.22. The van der Waals surface area contributed by atoms with E-state index in [2.05, 4.69) is 15.4 Å². The summed E-state index contributed by atoms with van der Waals surface area (Å²) in [5.41, 5.74) is 2.45. The standard InChI is InChI=1S/C10H16N4O/c11-14-9-6-12-7-10(13-9)15-8-4-2-1-3-5-8/h6-8H,1-5,11H2,(H,13,14). The number of nitrogens with one attached hydrogen (secondary N) is 1. The first-order valence-electron chi connectivity index (χ1n) is 5.34. The molecule has 0 amide bonds. The van der Waals surface area contributed by atoms with Gasteiger partial charge in [-0.3, -0.25) is 4.98 Å². The van der Waals surface area contributed by atoms with Crippen LogP contribution in [-0.4, -0.2) is 16.1 Å². The second-order valence-electron chi connectivity index (χ2n) is 3.76. The first-order chi connectivity index (χ1) is 7.38. The number of rotatable bonds is 3. The molecule has 0 saturated heterocycles. The summed E-state index contributed by atoms with van der Waals surface area (Å²) in [6.07, 6.45) is 9.50. The second-order valence-corrected chi connectivity index (χ2v) is 3.76. The van der Waals surface area contributed by atoms with Crippen LogP contribution in [0.4, 0.5) is 5.82 Å². The quantitative estimate of drug-likeness (QED) is 0.581. The molecule has 3 N–H and O–H groups in total. The number of nitrogens with zero attached hydrogens (tertiary/aromatic N) is 2. The Bertz CT molecular complexity index is 312. The molecular formula is C10H16N4O. The van der Waals surface area contributed by atoms with E-state index in [0.717, 1.165) is 12.8 Å². The summed E-state index contributed by atoms with van der Waals surface area (Å²) in [6, 6.07) is 0. The van der Waals surface area contributed by atoms with Gasteiger partial charge < -0.3 is 10.2 Å². The molecule has 0 aromatic carbocycles. The highest BCUT2D eigenvalue weighted by molar-refractivity contribution is 5.31. The number of hydrogen-bond acceptors (Lipinski definition) is 5. The van der Waals surface area contributed by atoms with Crippen molar-refractivity contribution in [2.75, 3.05) is 5.43 Å². The van der Waals surface area contributed by atoms with Crippen LogP contribution in [0.1, 0.15) is 32.1 Å². The average molecular weight is 208 g/mol. The minimum Gasteiger partial charge on any atom is -0.473 e. The third-order valence-electron chi connectivity index (χ3n) is 2.60. The molecule has 82 valence electrons. The van der Waals surface area contributed by atoms with Crippen molar-refractivity contribution in [2.45, 2.75) is 38.2 Å². The Kier molecular flexibility index (Phi) is 3.34. The van der Waals surface area contributed by atoms with E-state index in [4.69, 9.17) is 10.6 Å². The minimum atomic E-state index is 0.293. The Hall–Kier alpha value is -1.36. The number of nitrogens with two attached hydrogens (primary N) is 1. The van der Waals surface area contributed by atoms with Crippen LogP contribution < -0.4 is 16.0 Å². The molecule has 1 aromatic rings. The van der Waals surface area contributed by atoms with Crippen molar-refractivity contribution in [1.82, 2.24) is 9.97 Å². The first kappa shape index (κ1) is 10.2. The molecule has 1 aromatic heterocycles. The highest BCUT2D eigenvalue weighted by atomic mass is 16.5. The first-order valence-corrected chi connectivity index (χ1v) is 5.34. The van der Waals surface area contributed by atoms with Gasteiger partial charge in [-0.25, -0.2) is 5.84 Å². The number of ether oxygens (including phenoxy) is 1. The minimum absolute atomic E-state index is 0.293. The van der Waals surface area contributed by atoms with Gasteiger partial charge in [-0.1, -0.05) is 6.42 Å². The van der Waals surface area contributed by atoms with Crippen molar-refractivity contribution in [3.63, 3.8) is 0 Å². The highest BCUT2D eigenvalue weighted by Crippen LogP contribution is 2.22. The number of hydrazine groups is 1. The van der Waals surface area contributed by atoms with Crippen LogP contribution in [0.25, 0.3) is 0 Å². The van der Waals surface area contributed by atoms with E-state index in [0.29, 0.717) is 17.8 Å². The summed E-state index contributed by atoms with van der Waals surface area (Å²) in [6.45, 7) is 0. The molecule has 5 nitrogen and oxygen atoms in total. The largest absolute Gasteiger partial charge is 0.473 e. The van der Waals surface area contributed by atoms with Gasteiger partial charge >= 0.3 is 0 Å². The van der Waals surface area contributed by atoms with E-state index in [-0.39, 0.29) is 0 Å². The van der Waals surface area contributed by atoms with Crippen molar-refractivity contribution in [2.24, 2.45) is 5.84 Å². The summed E-state index contributed by atoms with van der Waals surface area (Å²) in [4.78, 5) is 8.16. The molecular weight excluding hydrogens is 192 g/mol. The third kappa shape index (κ3) is 2.79. The van der Waals surface area contributed by atoms with Gasteiger partial charge in [0, 0.05) is 0 Å². The fourth-order valence-electron chi connectivity index (χ4n) is 1.83. The molecule has 1 saturated carbocycles. The van der Waals surface area contributed by atoms with Crippen LogP contribution in [0.5, 0.6) is 5.88 Å². The predicted molar refractivity (Wildman–Crippen MR) is 57.3 cm³/mol. The summed E-state index contributed by atoms with van der Waals surface area (Å²) in [5.74, 6) is 6.33. The second kappa shape index (κ2) is 4.93. The molecule has 0 bridgehead atoms. The number of nitrogen functional groups attached to an aromatic ring is 1. The Labute approximate surface area is 89.0 Å². The summed E-state index contributed by atoms with van der Waals surface area (Å²) >= 11 is 0. The average Bonchev–Trinajstić information content (AvgIpc) is 2.31. The van der Waals surface area contributed by atoms with Crippen LogP contribution in [0.15, 0.2) is 12.4 Å². The maximum atomic E-state index is 5.73. The van der Waals surface area contributed by atoms with E-state index in [9.17, 15) is 0 Å². The topological polar surface area (TPSA) is 73.1 Å². The third-order valence-corrected chi connectivity index (χ3v) is 2.60. The molecule has 0 spiro atoms. The van der Waals surface area contributed by atoms with Crippen LogP contribution in [0.2, 0.25) is 0 Å². The van der Waals surface area contributed by atoms with Crippen molar-refractivity contribution >= 4 is 5.82 Å². The normalized spacial score (nSPS) is 17.4. The van der Waals surface area contributed by atoms with Gasteiger partial charge in [0.25, 0.3) is 0 Å². The van der Waals surface area contributed by atoms with Crippen molar-refractivity contribution in [1.29, 1.82) is 0 Å². The zero-order valence-corrected chi connectivity index (χ0v) is 8.65. The van der Waals surface area contributed by atoms with Crippen LogP contribution in [-0.2, 0) is 0 Å². The van der Waals surface area contributed by atoms with Crippen molar-refractivity contribution in [3.05, 3.63) is 12.4 Å². The molecule has 15 heavy (non-hydrogen) atoms. The fraction of sp³-hybridized carbons (Fsp3) is 0.600. The van der Waals surface area contributed by atoms with Gasteiger partial charge in [0.05, 0.1) is 12.4 Å². The summed E-state index contributed by atoms with van der Waals surface area (Å²) in [5, 5.41) is 0. The zero-order valence-electron chi connectivity index (χ0n) is 8.65. The van der Waals surface area contributed by atoms with Crippen LogP contribution in [0.3, 0.4) is 0 Å². The summed E-state index contributed by atoms with van der Waals surface area (Å²) < 4.78 is 5.73. The molecule has 5 heteroatoms. The Morgan fingerprint density at radius 3 is 2.80 bits per heavy atom. The zero-order chi connectivity index (χ0) is 10.5. The number of hydrogen-bond donors (Lipinski definition) is 2. The van der Waals surface area contributed by atoms with Gasteiger partial charge in [-0.2, -0.15) is 4.98 Å². The maximum Gasteiger partial charge on any atom is 0.234 e. The monoisotopic (exact) mass is 208 g/mol. The number of anilines is 1. The lowest BCUT2D eigenvalue weighted by Crippen LogP contribution is -2.20. The van der Waals surface area contributed by atoms with Gasteiger partial charge in [0.15, 0.2) is 5.82 Å². The van der Waals surface area contributed by atoms with E-state index in [1.165, 1.54) is 19.3 Å². The molecule has 1 aliphatic carbocycles. The molecule has 0 aliphatic heterocycles. The lowest BCUT2D eigenvalue weighted by atomic mass is 9.98.